The van der Waals surface area contributed by atoms with E-state index in [-0.39, 0.29) is 23.8 Å². The highest BCUT2D eigenvalue weighted by Gasteiger charge is 2.43. The second-order valence-corrected chi connectivity index (χ2v) is 9.53. The van der Waals surface area contributed by atoms with Gasteiger partial charge in [-0.15, -0.1) is 11.3 Å². The van der Waals surface area contributed by atoms with E-state index in [0.717, 1.165) is 55.9 Å². The summed E-state index contributed by atoms with van der Waals surface area (Å²) in [6.07, 6.45) is 5.81. The molecule has 5 atom stereocenters. The van der Waals surface area contributed by atoms with Crippen molar-refractivity contribution in [2.45, 2.75) is 65.3 Å². The molecule has 2 saturated carbocycles. The van der Waals surface area contributed by atoms with Crippen LogP contribution in [-0.2, 0) is 22.4 Å². The maximum Gasteiger partial charge on any atom is 0.229 e. The minimum atomic E-state index is 0.116. The molecule has 0 spiro atoms. The second-order valence-electron chi connectivity index (χ2n) is 8.45. The van der Waals surface area contributed by atoms with Crippen LogP contribution in [0.5, 0.6) is 0 Å². The molecule has 0 unspecified atom stereocenters. The van der Waals surface area contributed by atoms with E-state index in [1.54, 1.807) is 11.3 Å². The molecule has 3 aliphatic rings. The monoisotopic (exact) mass is 375 g/mol. The van der Waals surface area contributed by atoms with Crippen molar-refractivity contribution in [3.05, 3.63) is 10.6 Å². The lowest BCUT2D eigenvalue weighted by Crippen LogP contribution is -2.44. The summed E-state index contributed by atoms with van der Waals surface area (Å²) in [7, 11) is 0. The molecule has 2 amide bonds. The van der Waals surface area contributed by atoms with Crippen LogP contribution in [0.1, 0.15) is 57.0 Å². The SMILES string of the molecule is CCCN(C(=O)[C@@H]1C[C@@H]1C)[C@@H]1CCc2nc(NC(=O)[C@@H]3C[C@@H]3C)sc2C1. The number of anilines is 1. The topological polar surface area (TPSA) is 62.3 Å². The molecule has 1 aromatic rings. The van der Waals surface area contributed by atoms with Crippen LogP contribution in [0.25, 0.3) is 0 Å². The minimum absolute atomic E-state index is 0.116. The number of carbonyl (C=O) groups excluding carboxylic acids is 2. The predicted molar refractivity (Wildman–Crippen MR) is 103 cm³/mol. The van der Waals surface area contributed by atoms with Gasteiger partial charge in [0.25, 0.3) is 0 Å². The molecule has 6 heteroatoms. The summed E-state index contributed by atoms with van der Waals surface area (Å²) >= 11 is 1.60. The fraction of sp³-hybridized carbons (Fsp3) is 0.750. The fourth-order valence-corrected chi connectivity index (χ4v) is 5.24. The number of aryl methyl sites for hydroxylation is 1. The van der Waals surface area contributed by atoms with Crippen molar-refractivity contribution in [2.24, 2.45) is 23.7 Å². The average Bonchev–Trinajstić information content (AvgIpc) is 3.48. The van der Waals surface area contributed by atoms with E-state index < -0.39 is 0 Å². The number of nitrogens with zero attached hydrogens (tertiary/aromatic N) is 2. The van der Waals surface area contributed by atoms with E-state index in [2.05, 4.69) is 36.0 Å². The summed E-state index contributed by atoms with van der Waals surface area (Å²) in [6.45, 7) is 7.28. The standard InChI is InChI=1S/C20H29N3O2S/c1-4-7-23(19(25)15-9-12(15)3)13-5-6-16-17(10-13)26-20(21-16)22-18(24)14-8-11(14)2/h11-15H,4-10H2,1-3H3,(H,21,22,24)/t11-,12-,13+,14+,15+/m0/s1. The number of fused-ring (bicyclic) bond motifs is 1. The molecule has 142 valence electrons. The number of nitrogens with one attached hydrogen (secondary N) is 1. The highest BCUT2D eigenvalue weighted by molar-refractivity contribution is 7.15. The number of rotatable bonds is 6. The van der Waals surface area contributed by atoms with E-state index in [4.69, 9.17) is 0 Å². The molecular formula is C20H29N3O2S. The Kier molecular flexibility index (Phi) is 4.80. The number of aromatic nitrogens is 1. The summed E-state index contributed by atoms with van der Waals surface area (Å²) in [5.74, 6) is 1.95. The van der Waals surface area contributed by atoms with Gasteiger partial charge in [-0.25, -0.2) is 4.98 Å². The van der Waals surface area contributed by atoms with E-state index >= 15 is 0 Å². The molecule has 0 saturated heterocycles. The highest BCUT2D eigenvalue weighted by Crippen LogP contribution is 2.41. The lowest BCUT2D eigenvalue weighted by atomic mass is 9.95. The van der Waals surface area contributed by atoms with Crippen LogP contribution in [-0.4, -0.2) is 34.3 Å². The van der Waals surface area contributed by atoms with E-state index in [0.29, 0.717) is 17.7 Å². The van der Waals surface area contributed by atoms with Crippen molar-refractivity contribution in [1.29, 1.82) is 0 Å². The lowest BCUT2D eigenvalue weighted by Gasteiger charge is -2.34. The van der Waals surface area contributed by atoms with Gasteiger partial charge >= 0.3 is 0 Å². The van der Waals surface area contributed by atoms with Crippen molar-refractivity contribution < 1.29 is 9.59 Å². The van der Waals surface area contributed by atoms with Gasteiger partial charge in [-0.1, -0.05) is 20.8 Å². The van der Waals surface area contributed by atoms with Crippen LogP contribution < -0.4 is 5.32 Å². The fourth-order valence-electron chi connectivity index (χ4n) is 4.16. The molecule has 1 N–H and O–H groups in total. The van der Waals surface area contributed by atoms with Gasteiger partial charge in [0, 0.05) is 35.7 Å². The Labute approximate surface area is 159 Å². The zero-order valence-electron chi connectivity index (χ0n) is 16.0. The van der Waals surface area contributed by atoms with Crippen LogP contribution in [0.15, 0.2) is 0 Å². The van der Waals surface area contributed by atoms with Crippen LogP contribution in [0, 0.1) is 23.7 Å². The maximum atomic E-state index is 12.8. The molecule has 3 aliphatic carbocycles. The Hall–Kier alpha value is -1.43. The van der Waals surface area contributed by atoms with Crippen molar-refractivity contribution in [3.8, 4) is 0 Å². The highest BCUT2D eigenvalue weighted by atomic mass is 32.1. The normalized spacial score (nSPS) is 31.9. The number of carbonyl (C=O) groups is 2. The van der Waals surface area contributed by atoms with Gasteiger partial charge in [-0.05, 0) is 43.9 Å². The number of amides is 2. The Morgan fingerprint density at radius 1 is 1.23 bits per heavy atom. The van der Waals surface area contributed by atoms with Crippen molar-refractivity contribution in [2.75, 3.05) is 11.9 Å². The molecule has 26 heavy (non-hydrogen) atoms. The van der Waals surface area contributed by atoms with Gasteiger partial charge in [-0.3, -0.25) is 9.59 Å². The summed E-state index contributed by atoms with van der Waals surface area (Å²) in [5.41, 5.74) is 1.12. The van der Waals surface area contributed by atoms with Gasteiger partial charge in [0.05, 0.1) is 5.69 Å². The Balaban J connectivity index is 1.43. The lowest BCUT2D eigenvalue weighted by molar-refractivity contribution is -0.135. The molecule has 0 radical (unpaired) electrons. The van der Waals surface area contributed by atoms with Crippen molar-refractivity contribution in [1.82, 2.24) is 9.88 Å². The maximum absolute atomic E-state index is 12.8. The van der Waals surface area contributed by atoms with Crippen LogP contribution in [0.2, 0.25) is 0 Å². The van der Waals surface area contributed by atoms with Gasteiger partial charge in [-0.2, -0.15) is 0 Å². The molecule has 1 heterocycles. The smallest absolute Gasteiger partial charge is 0.229 e. The third kappa shape index (κ3) is 3.53. The Morgan fingerprint density at radius 3 is 2.54 bits per heavy atom. The Bertz CT molecular complexity index is 716. The zero-order valence-corrected chi connectivity index (χ0v) is 16.8. The van der Waals surface area contributed by atoms with E-state index in [1.807, 2.05) is 0 Å². The van der Waals surface area contributed by atoms with Crippen LogP contribution in [0.3, 0.4) is 0 Å². The summed E-state index contributed by atoms with van der Waals surface area (Å²) < 4.78 is 0. The number of thiazole rings is 1. The molecule has 4 rings (SSSR count). The van der Waals surface area contributed by atoms with Gasteiger partial charge in [0.1, 0.15) is 0 Å². The summed E-state index contributed by atoms with van der Waals surface area (Å²) in [4.78, 5) is 33.0. The van der Waals surface area contributed by atoms with Crippen molar-refractivity contribution >= 4 is 28.3 Å². The minimum Gasteiger partial charge on any atom is -0.339 e. The third-order valence-electron chi connectivity index (χ3n) is 6.21. The Morgan fingerprint density at radius 2 is 1.92 bits per heavy atom. The van der Waals surface area contributed by atoms with Crippen LogP contribution in [0.4, 0.5) is 5.13 Å². The van der Waals surface area contributed by atoms with Gasteiger partial charge in [0.15, 0.2) is 5.13 Å². The van der Waals surface area contributed by atoms with Crippen molar-refractivity contribution in [3.63, 3.8) is 0 Å². The number of hydrogen-bond donors (Lipinski definition) is 1. The summed E-state index contributed by atoms with van der Waals surface area (Å²) in [5, 5.41) is 3.75. The first kappa shape index (κ1) is 18.0. The van der Waals surface area contributed by atoms with Gasteiger partial charge < -0.3 is 10.2 Å². The zero-order chi connectivity index (χ0) is 18.4. The molecule has 0 aliphatic heterocycles. The third-order valence-corrected chi connectivity index (χ3v) is 7.24. The van der Waals surface area contributed by atoms with E-state index in [1.165, 1.54) is 4.88 Å². The van der Waals surface area contributed by atoms with E-state index in [9.17, 15) is 9.59 Å². The summed E-state index contributed by atoms with van der Waals surface area (Å²) in [6, 6.07) is 0.287. The molecule has 0 aromatic carbocycles. The van der Waals surface area contributed by atoms with Gasteiger partial charge in [0.2, 0.25) is 11.8 Å². The quantitative estimate of drug-likeness (QED) is 0.828. The number of hydrogen-bond acceptors (Lipinski definition) is 4. The molecule has 0 bridgehead atoms. The first-order chi connectivity index (χ1) is 12.5. The molecule has 5 nitrogen and oxygen atoms in total. The largest absolute Gasteiger partial charge is 0.339 e. The molecule has 1 aromatic heterocycles. The average molecular weight is 376 g/mol. The first-order valence-electron chi connectivity index (χ1n) is 10.1. The molecule has 2 fully saturated rings. The second kappa shape index (κ2) is 6.95. The predicted octanol–water partition coefficient (Wildman–Crippen LogP) is 3.49. The molecular weight excluding hydrogens is 346 g/mol. The van der Waals surface area contributed by atoms with Crippen LogP contribution >= 0.6 is 11.3 Å². The first-order valence-corrected chi connectivity index (χ1v) is 10.9.